The average molecular weight is 430 g/mol. The summed E-state index contributed by atoms with van der Waals surface area (Å²) in [6.45, 7) is 3.23. The van der Waals surface area contributed by atoms with Crippen molar-refractivity contribution in [3.8, 4) is 0 Å². The lowest BCUT2D eigenvalue weighted by Crippen LogP contribution is -2.42. The van der Waals surface area contributed by atoms with E-state index in [1.54, 1.807) is 43.6 Å². The van der Waals surface area contributed by atoms with E-state index in [-0.39, 0.29) is 11.8 Å². The van der Waals surface area contributed by atoms with Crippen LogP contribution in [0.3, 0.4) is 0 Å². The number of benzene rings is 1. The van der Waals surface area contributed by atoms with Gasteiger partial charge in [-0.2, -0.15) is 0 Å². The highest BCUT2D eigenvalue weighted by Crippen LogP contribution is 2.21. The molecule has 30 heavy (non-hydrogen) atoms. The highest BCUT2D eigenvalue weighted by Gasteiger charge is 2.22. The Morgan fingerprint density at radius 1 is 1.23 bits per heavy atom. The minimum Gasteiger partial charge on any atom is -0.359 e. The minimum atomic E-state index is -0.220. The Kier molecular flexibility index (Phi) is 7.65. The fourth-order valence-corrected chi connectivity index (χ4v) is 3.80. The molecule has 0 radical (unpaired) electrons. The maximum absolute atomic E-state index is 12.4. The maximum atomic E-state index is 12.4. The molecule has 0 atom stereocenters. The maximum Gasteiger partial charge on any atom is 0.257 e. The number of piperidine rings is 1. The number of amides is 2. The van der Waals surface area contributed by atoms with E-state index >= 15 is 0 Å². The van der Waals surface area contributed by atoms with Crippen molar-refractivity contribution >= 4 is 34.9 Å². The molecule has 0 saturated carbocycles. The van der Waals surface area contributed by atoms with Gasteiger partial charge in [0.2, 0.25) is 5.91 Å². The fraction of sp³-hybridized carbons (Fsp3) is 0.409. The number of aromatic nitrogens is 1. The molecule has 2 amide bonds. The van der Waals surface area contributed by atoms with E-state index in [0.29, 0.717) is 28.7 Å². The van der Waals surface area contributed by atoms with Crippen LogP contribution in [-0.2, 0) is 4.79 Å². The number of anilines is 2. The van der Waals surface area contributed by atoms with Gasteiger partial charge in [-0.3, -0.25) is 14.5 Å². The summed E-state index contributed by atoms with van der Waals surface area (Å²) in [6.07, 6.45) is 3.71. The van der Waals surface area contributed by atoms with Crippen LogP contribution >= 0.6 is 11.6 Å². The Balaban J connectivity index is 1.50. The molecule has 8 heteroatoms. The number of nitrogens with one attached hydrogen (secondary N) is 2. The van der Waals surface area contributed by atoms with Crippen molar-refractivity contribution in [2.75, 3.05) is 50.5 Å². The Labute approximate surface area is 182 Å². The van der Waals surface area contributed by atoms with E-state index in [4.69, 9.17) is 11.6 Å². The molecular weight excluding hydrogens is 402 g/mol. The first-order valence-corrected chi connectivity index (χ1v) is 10.5. The normalized spacial score (nSPS) is 14.9. The highest BCUT2D eigenvalue weighted by molar-refractivity contribution is 6.30. The standard InChI is InChI=1S/C22H28ClN5O2/c1-24-21(29)15-28-10-8-16(9-11-28)14-27(2)20-7-6-17(13-25-20)22(30)26-19-5-3-4-18(23)12-19/h3-7,12-13,16H,8-11,14-15H2,1-2H3,(H,24,29)(H,26,30). The zero-order valence-electron chi connectivity index (χ0n) is 17.4. The Bertz CT molecular complexity index is 866. The predicted octanol–water partition coefficient (Wildman–Crippen LogP) is 2.88. The lowest BCUT2D eigenvalue weighted by molar-refractivity contribution is -0.122. The van der Waals surface area contributed by atoms with Gasteiger partial charge < -0.3 is 15.5 Å². The molecule has 1 saturated heterocycles. The van der Waals surface area contributed by atoms with Crippen molar-refractivity contribution in [2.24, 2.45) is 5.92 Å². The Morgan fingerprint density at radius 2 is 2.00 bits per heavy atom. The van der Waals surface area contributed by atoms with Crippen molar-refractivity contribution in [3.63, 3.8) is 0 Å². The first-order valence-electron chi connectivity index (χ1n) is 10.1. The molecule has 1 fully saturated rings. The molecule has 1 aliphatic rings. The topological polar surface area (TPSA) is 77.6 Å². The molecule has 1 aromatic heterocycles. The summed E-state index contributed by atoms with van der Waals surface area (Å²) in [5.74, 6) is 1.24. The summed E-state index contributed by atoms with van der Waals surface area (Å²) >= 11 is 5.96. The molecule has 0 bridgehead atoms. The van der Waals surface area contributed by atoms with Gasteiger partial charge in [-0.15, -0.1) is 0 Å². The van der Waals surface area contributed by atoms with Crippen LogP contribution < -0.4 is 15.5 Å². The largest absolute Gasteiger partial charge is 0.359 e. The molecule has 0 spiro atoms. The lowest BCUT2D eigenvalue weighted by atomic mass is 9.96. The van der Waals surface area contributed by atoms with Crippen LogP contribution in [0.25, 0.3) is 0 Å². The van der Waals surface area contributed by atoms with Crippen LogP contribution in [0.2, 0.25) is 5.02 Å². The van der Waals surface area contributed by atoms with E-state index in [9.17, 15) is 9.59 Å². The summed E-state index contributed by atoms with van der Waals surface area (Å²) in [7, 11) is 3.69. The number of nitrogens with zero attached hydrogens (tertiary/aromatic N) is 3. The van der Waals surface area contributed by atoms with Crippen LogP contribution in [0.5, 0.6) is 0 Å². The van der Waals surface area contributed by atoms with Crippen molar-refractivity contribution in [3.05, 3.63) is 53.2 Å². The average Bonchev–Trinajstić information content (AvgIpc) is 2.75. The molecule has 1 aliphatic heterocycles. The summed E-state index contributed by atoms with van der Waals surface area (Å²) in [5, 5.41) is 6.07. The van der Waals surface area contributed by atoms with E-state index in [1.165, 1.54) is 0 Å². The second kappa shape index (κ2) is 10.4. The van der Waals surface area contributed by atoms with Gasteiger partial charge in [-0.25, -0.2) is 4.98 Å². The van der Waals surface area contributed by atoms with E-state index < -0.39 is 0 Å². The van der Waals surface area contributed by atoms with Gasteiger partial charge in [0, 0.05) is 37.5 Å². The summed E-state index contributed by atoms with van der Waals surface area (Å²) in [6, 6.07) is 10.7. The molecule has 2 heterocycles. The van der Waals surface area contributed by atoms with Gasteiger partial charge in [0.05, 0.1) is 12.1 Å². The minimum absolute atomic E-state index is 0.0641. The van der Waals surface area contributed by atoms with Crippen molar-refractivity contribution in [1.82, 2.24) is 15.2 Å². The highest BCUT2D eigenvalue weighted by atomic mass is 35.5. The zero-order chi connectivity index (χ0) is 21.5. The van der Waals surface area contributed by atoms with Crippen LogP contribution in [-0.4, -0.2) is 62.0 Å². The fourth-order valence-electron chi connectivity index (χ4n) is 3.61. The molecule has 0 aliphatic carbocycles. The first kappa shape index (κ1) is 22.1. The van der Waals surface area contributed by atoms with Crippen LogP contribution in [0, 0.1) is 5.92 Å². The number of pyridine rings is 1. The number of likely N-dealkylation sites (tertiary alicyclic amines) is 1. The zero-order valence-corrected chi connectivity index (χ0v) is 18.2. The first-order chi connectivity index (χ1) is 14.4. The van der Waals surface area contributed by atoms with E-state index in [1.807, 2.05) is 13.1 Å². The molecule has 7 nitrogen and oxygen atoms in total. The molecule has 1 aromatic carbocycles. The van der Waals surface area contributed by atoms with Crippen molar-refractivity contribution in [2.45, 2.75) is 12.8 Å². The van der Waals surface area contributed by atoms with Gasteiger partial charge in [0.15, 0.2) is 0 Å². The van der Waals surface area contributed by atoms with Crippen molar-refractivity contribution in [1.29, 1.82) is 0 Å². The molecule has 3 rings (SSSR count). The third-order valence-corrected chi connectivity index (χ3v) is 5.60. The van der Waals surface area contributed by atoms with Gasteiger partial charge in [-0.1, -0.05) is 17.7 Å². The monoisotopic (exact) mass is 429 g/mol. The smallest absolute Gasteiger partial charge is 0.257 e. The Morgan fingerprint density at radius 3 is 2.63 bits per heavy atom. The number of halogens is 1. The number of likely N-dealkylation sites (N-methyl/N-ethyl adjacent to an activating group) is 1. The SMILES string of the molecule is CNC(=O)CN1CCC(CN(C)c2ccc(C(=O)Nc3cccc(Cl)c3)cn2)CC1. The molecule has 160 valence electrons. The van der Waals surface area contributed by atoms with Crippen LogP contribution in [0.15, 0.2) is 42.6 Å². The third-order valence-electron chi connectivity index (χ3n) is 5.37. The third kappa shape index (κ3) is 6.18. The van der Waals surface area contributed by atoms with Crippen LogP contribution in [0.1, 0.15) is 23.2 Å². The summed E-state index contributed by atoms with van der Waals surface area (Å²) in [5.41, 5.74) is 1.14. The molecule has 0 unspecified atom stereocenters. The molecule has 2 aromatic rings. The van der Waals surface area contributed by atoms with Crippen LogP contribution in [0.4, 0.5) is 11.5 Å². The van der Waals surface area contributed by atoms with Gasteiger partial charge in [0.25, 0.3) is 5.91 Å². The number of carbonyl (C=O) groups is 2. The van der Waals surface area contributed by atoms with Gasteiger partial charge in [0.1, 0.15) is 5.82 Å². The quantitative estimate of drug-likeness (QED) is 0.707. The number of hydrogen-bond acceptors (Lipinski definition) is 5. The number of carbonyl (C=O) groups excluding carboxylic acids is 2. The number of rotatable bonds is 7. The van der Waals surface area contributed by atoms with Gasteiger partial charge in [-0.05, 0) is 62.2 Å². The predicted molar refractivity (Wildman–Crippen MR) is 120 cm³/mol. The number of hydrogen-bond donors (Lipinski definition) is 2. The molecule has 2 N–H and O–H groups in total. The molecular formula is C22H28ClN5O2. The van der Waals surface area contributed by atoms with Crippen molar-refractivity contribution < 1.29 is 9.59 Å². The lowest BCUT2D eigenvalue weighted by Gasteiger charge is -2.33. The second-order valence-electron chi connectivity index (χ2n) is 7.64. The summed E-state index contributed by atoms with van der Waals surface area (Å²) in [4.78, 5) is 32.7. The summed E-state index contributed by atoms with van der Waals surface area (Å²) < 4.78 is 0. The van der Waals surface area contributed by atoms with E-state index in [0.717, 1.165) is 38.3 Å². The Hall–Kier alpha value is -2.64. The van der Waals surface area contributed by atoms with E-state index in [2.05, 4.69) is 25.4 Å². The second-order valence-corrected chi connectivity index (χ2v) is 8.08. The van der Waals surface area contributed by atoms with Gasteiger partial charge >= 0.3 is 0 Å².